The van der Waals surface area contributed by atoms with E-state index in [4.69, 9.17) is 10.3 Å². The molecule has 1 heterocycles. The van der Waals surface area contributed by atoms with Crippen molar-refractivity contribution in [3.05, 3.63) is 35.5 Å². The summed E-state index contributed by atoms with van der Waals surface area (Å²) in [6.45, 7) is 6.27. The molecule has 0 aliphatic carbocycles. The van der Waals surface area contributed by atoms with Crippen LogP contribution in [0.25, 0.3) is 11.4 Å². The zero-order valence-corrected chi connectivity index (χ0v) is 11.4. The number of aryl methyl sites for hydroxylation is 1. The monoisotopic (exact) mass is 263 g/mol. The number of hydrogen-bond acceptors (Lipinski definition) is 4. The maximum absolute atomic E-state index is 13.1. The Morgan fingerprint density at radius 1 is 1.42 bits per heavy atom. The minimum absolute atomic E-state index is 0.273. The van der Waals surface area contributed by atoms with E-state index in [9.17, 15) is 4.39 Å². The summed E-state index contributed by atoms with van der Waals surface area (Å²) < 4.78 is 18.4. The molecular weight excluding hydrogens is 245 g/mol. The van der Waals surface area contributed by atoms with Crippen LogP contribution in [0.15, 0.2) is 22.7 Å². The highest BCUT2D eigenvalue weighted by Gasteiger charge is 2.30. The molecule has 0 saturated carbocycles. The molecule has 1 aromatic heterocycles. The lowest BCUT2D eigenvalue weighted by atomic mass is 9.88. The van der Waals surface area contributed by atoms with Gasteiger partial charge in [0.2, 0.25) is 11.7 Å². The lowest BCUT2D eigenvalue weighted by Gasteiger charge is -2.20. The van der Waals surface area contributed by atoms with Crippen molar-refractivity contribution in [3.8, 4) is 11.4 Å². The van der Waals surface area contributed by atoms with Crippen molar-refractivity contribution in [1.82, 2.24) is 10.1 Å². The molecule has 4 nitrogen and oxygen atoms in total. The topological polar surface area (TPSA) is 64.9 Å². The average molecular weight is 263 g/mol. The Bertz CT molecular complexity index is 576. The van der Waals surface area contributed by atoms with Crippen LogP contribution in [-0.2, 0) is 5.41 Å². The number of benzene rings is 1. The molecule has 1 unspecified atom stereocenters. The van der Waals surface area contributed by atoms with Crippen LogP contribution in [0.5, 0.6) is 0 Å². The maximum Gasteiger partial charge on any atom is 0.234 e. The molecular formula is C14H18FN3O. The van der Waals surface area contributed by atoms with E-state index in [2.05, 4.69) is 10.1 Å². The van der Waals surface area contributed by atoms with Crippen LogP contribution in [0, 0.1) is 12.7 Å². The number of nitrogens with two attached hydrogens (primary N) is 1. The van der Waals surface area contributed by atoms with Gasteiger partial charge in [0, 0.05) is 12.1 Å². The highest BCUT2D eigenvalue weighted by molar-refractivity contribution is 5.59. The molecule has 0 saturated heterocycles. The van der Waals surface area contributed by atoms with Crippen molar-refractivity contribution in [3.63, 3.8) is 0 Å². The van der Waals surface area contributed by atoms with Crippen LogP contribution in [0.3, 0.4) is 0 Å². The third-order valence-electron chi connectivity index (χ3n) is 3.60. The van der Waals surface area contributed by atoms with Crippen LogP contribution in [0.1, 0.15) is 31.7 Å². The lowest BCUT2D eigenvalue weighted by Crippen LogP contribution is -2.31. The van der Waals surface area contributed by atoms with Crippen molar-refractivity contribution >= 4 is 0 Å². The van der Waals surface area contributed by atoms with Gasteiger partial charge in [-0.2, -0.15) is 4.98 Å². The van der Waals surface area contributed by atoms with Gasteiger partial charge in [-0.25, -0.2) is 4.39 Å². The van der Waals surface area contributed by atoms with E-state index < -0.39 is 0 Å². The molecule has 102 valence electrons. The van der Waals surface area contributed by atoms with E-state index >= 15 is 0 Å². The summed E-state index contributed by atoms with van der Waals surface area (Å²) in [6.07, 6.45) is 0.813. The second-order valence-electron chi connectivity index (χ2n) is 5.00. The highest BCUT2D eigenvalue weighted by Crippen LogP contribution is 2.28. The zero-order chi connectivity index (χ0) is 14.0. The Hall–Kier alpha value is -1.75. The predicted molar refractivity (Wildman–Crippen MR) is 71.1 cm³/mol. The predicted octanol–water partition coefficient (Wildman–Crippen LogP) is 2.81. The Morgan fingerprint density at radius 2 is 2.16 bits per heavy atom. The quantitative estimate of drug-likeness (QED) is 0.921. The van der Waals surface area contributed by atoms with Gasteiger partial charge in [0.05, 0.1) is 5.41 Å². The minimum atomic E-state index is -0.320. The van der Waals surface area contributed by atoms with Gasteiger partial charge >= 0.3 is 0 Å². The second kappa shape index (κ2) is 5.09. The molecule has 1 atom stereocenters. The lowest BCUT2D eigenvalue weighted by molar-refractivity contribution is 0.291. The third-order valence-corrected chi connectivity index (χ3v) is 3.60. The van der Waals surface area contributed by atoms with E-state index in [1.54, 1.807) is 6.07 Å². The largest absolute Gasteiger partial charge is 0.338 e. The van der Waals surface area contributed by atoms with E-state index in [-0.39, 0.29) is 11.2 Å². The molecule has 0 aliphatic heterocycles. The van der Waals surface area contributed by atoms with E-state index in [0.717, 1.165) is 17.5 Å². The van der Waals surface area contributed by atoms with Crippen LogP contribution in [-0.4, -0.2) is 16.7 Å². The number of nitrogens with zero attached hydrogens (tertiary/aromatic N) is 2. The summed E-state index contributed by atoms with van der Waals surface area (Å²) in [7, 11) is 0. The summed E-state index contributed by atoms with van der Waals surface area (Å²) in [6, 6.07) is 4.50. The molecule has 2 aromatic rings. The van der Waals surface area contributed by atoms with Gasteiger partial charge in [-0.1, -0.05) is 12.1 Å². The first kappa shape index (κ1) is 13.7. The molecule has 0 fully saturated rings. The van der Waals surface area contributed by atoms with E-state index in [1.165, 1.54) is 12.1 Å². The SMILES string of the molecule is CCC(C)(CN)c1nc(-c2ccc(F)cc2C)no1. The molecule has 2 rings (SSSR count). The van der Waals surface area contributed by atoms with Gasteiger partial charge in [-0.15, -0.1) is 0 Å². The Kier molecular flexibility index (Phi) is 3.66. The Balaban J connectivity index is 2.41. The van der Waals surface area contributed by atoms with E-state index in [1.807, 2.05) is 20.8 Å². The first-order valence-electron chi connectivity index (χ1n) is 6.31. The summed E-state index contributed by atoms with van der Waals surface area (Å²) in [5, 5.41) is 3.97. The fraction of sp³-hybridized carbons (Fsp3) is 0.429. The smallest absolute Gasteiger partial charge is 0.234 e. The van der Waals surface area contributed by atoms with Gasteiger partial charge < -0.3 is 10.3 Å². The van der Waals surface area contributed by atoms with Gasteiger partial charge in [0.1, 0.15) is 5.82 Å². The Morgan fingerprint density at radius 3 is 2.74 bits per heavy atom. The standard InChI is InChI=1S/C14H18FN3O/c1-4-14(3,8-16)13-17-12(18-19-13)11-6-5-10(15)7-9(11)2/h5-7H,4,8,16H2,1-3H3. The normalized spacial score (nSPS) is 14.4. The molecule has 2 N–H and O–H groups in total. The number of halogens is 1. The first-order valence-corrected chi connectivity index (χ1v) is 6.31. The van der Waals surface area contributed by atoms with Crippen LogP contribution in [0.4, 0.5) is 4.39 Å². The van der Waals surface area contributed by atoms with Crippen LogP contribution < -0.4 is 5.73 Å². The summed E-state index contributed by atoms with van der Waals surface area (Å²) in [5.74, 6) is 0.724. The second-order valence-corrected chi connectivity index (χ2v) is 5.00. The zero-order valence-electron chi connectivity index (χ0n) is 11.4. The van der Waals surface area contributed by atoms with Crippen LogP contribution >= 0.6 is 0 Å². The summed E-state index contributed by atoms with van der Waals surface area (Å²) in [5.41, 5.74) is 7.00. The molecule has 0 radical (unpaired) electrons. The fourth-order valence-electron chi connectivity index (χ4n) is 1.84. The highest BCUT2D eigenvalue weighted by atomic mass is 19.1. The van der Waals surface area contributed by atoms with Gasteiger partial charge in [0.25, 0.3) is 0 Å². The first-order chi connectivity index (χ1) is 9.00. The van der Waals surface area contributed by atoms with Crippen molar-refractivity contribution in [2.75, 3.05) is 6.54 Å². The van der Waals surface area contributed by atoms with Gasteiger partial charge in [-0.05, 0) is 44.0 Å². The average Bonchev–Trinajstić information content (AvgIpc) is 2.88. The van der Waals surface area contributed by atoms with E-state index in [0.29, 0.717) is 18.3 Å². The number of aromatic nitrogens is 2. The minimum Gasteiger partial charge on any atom is -0.338 e. The molecule has 0 spiro atoms. The van der Waals surface area contributed by atoms with Gasteiger partial charge in [0.15, 0.2) is 0 Å². The van der Waals surface area contributed by atoms with Gasteiger partial charge in [-0.3, -0.25) is 0 Å². The summed E-state index contributed by atoms with van der Waals surface area (Å²) in [4.78, 5) is 4.40. The van der Waals surface area contributed by atoms with Crippen LogP contribution in [0.2, 0.25) is 0 Å². The van der Waals surface area contributed by atoms with Crippen molar-refractivity contribution in [2.45, 2.75) is 32.6 Å². The molecule has 5 heteroatoms. The van der Waals surface area contributed by atoms with Crippen molar-refractivity contribution in [1.29, 1.82) is 0 Å². The fourth-order valence-corrected chi connectivity index (χ4v) is 1.84. The molecule has 0 amide bonds. The number of rotatable bonds is 4. The summed E-state index contributed by atoms with van der Waals surface area (Å²) >= 11 is 0. The molecule has 0 aliphatic rings. The Labute approximate surface area is 111 Å². The molecule has 19 heavy (non-hydrogen) atoms. The maximum atomic E-state index is 13.1. The molecule has 1 aromatic carbocycles. The third kappa shape index (κ3) is 2.51. The van der Waals surface area contributed by atoms with Crippen molar-refractivity contribution < 1.29 is 8.91 Å². The molecule has 0 bridgehead atoms. The van der Waals surface area contributed by atoms with Crippen molar-refractivity contribution in [2.24, 2.45) is 5.73 Å². The number of hydrogen-bond donors (Lipinski definition) is 1.